The molecule has 0 N–H and O–H groups in total. The van der Waals surface area contributed by atoms with Gasteiger partial charge in [-0.15, -0.1) is 0 Å². The molecule has 32 heavy (non-hydrogen) atoms. The van der Waals surface area contributed by atoms with Crippen molar-refractivity contribution < 1.29 is 4.79 Å². The Morgan fingerprint density at radius 3 is 2.84 bits per heavy atom. The van der Waals surface area contributed by atoms with Crippen molar-refractivity contribution >= 4 is 25.3 Å². The molecule has 7 nitrogen and oxygen atoms in total. The average Bonchev–Trinajstić information content (AvgIpc) is 3.22. The summed E-state index contributed by atoms with van der Waals surface area (Å²) >= 11 is 0. The minimum Gasteiger partial charge on any atom is -0.368 e. The normalized spacial score (nSPS) is 24.8. The molecule has 3 atom stereocenters. The van der Waals surface area contributed by atoms with E-state index in [1.54, 1.807) is 6.08 Å². The molecule has 168 valence electrons. The fourth-order valence-corrected chi connectivity index (χ4v) is 6.21. The number of hydrogen-bond acceptors (Lipinski definition) is 5. The summed E-state index contributed by atoms with van der Waals surface area (Å²) in [6.07, 6.45) is 11.0. The van der Waals surface area contributed by atoms with Crippen molar-refractivity contribution in [1.29, 1.82) is 0 Å². The molecular weight excluding hydrogens is 419 g/mol. The van der Waals surface area contributed by atoms with Crippen molar-refractivity contribution in [2.45, 2.75) is 45.9 Å². The third kappa shape index (κ3) is 3.78. The number of rotatable bonds is 4. The van der Waals surface area contributed by atoms with E-state index >= 15 is 0 Å². The predicted molar refractivity (Wildman–Crippen MR) is 130 cm³/mol. The highest BCUT2D eigenvalue weighted by molar-refractivity contribution is 7.51. The first kappa shape index (κ1) is 21.4. The number of aryl methyl sites for hydroxylation is 2. The minimum atomic E-state index is 0.0351. The van der Waals surface area contributed by atoms with Gasteiger partial charge in [0, 0.05) is 43.3 Å². The Balaban J connectivity index is 1.39. The van der Waals surface area contributed by atoms with Gasteiger partial charge in [-0.3, -0.25) is 14.7 Å². The van der Waals surface area contributed by atoms with Crippen LogP contribution in [0.3, 0.4) is 0 Å². The summed E-state index contributed by atoms with van der Waals surface area (Å²) in [5.41, 5.74) is 5.04. The van der Waals surface area contributed by atoms with Crippen molar-refractivity contribution in [2.75, 3.05) is 26.2 Å². The maximum Gasteiger partial charge on any atom is 0.252 e. The van der Waals surface area contributed by atoms with Crippen LogP contribution in [0.1, 0.15) is 37.9 Å². The number of nitrogens with zero attached hydrogens (tertiary/aromatic N) is 6. The molecule has 0 saturated carbocycles. The van der Waals surface area contributed by atoms with Crippen LogP contribution in [0, 0.1) is 6.92 Å². The van der Waals surface area contributed by atoms with E-state index in [0.717, 1.165) is 66.2 Å². The molecule has 1 saturated heterocycles. The summed E-state index contributed by atoms with van der Waals surface area (Å²) in [4.78, 5) is 24.6. The lowest BCUT2D eigenvalue weighted by molar-refractivity contribution is -0.123. The molecule has 0 bridgehead atoms. The van der Waals surface area contributed by atoms with Crippen LogP contribution in [-0.2, 0) is 11.2 Å². The molecule has 3 aliphatic heterocycles. The Kier molecular flexibility index (Phi) is 5.64. The Morgan fingerprint density at radius 1 is 1.25 bits per heavy atom. The van der Waals surface area contributed by atoms with E-state index in [0.29, 0.717) is 14.6 Å². The van der Waals surface area contributed by atoms with Gasteiger partial charge in [0.15, 0.2) is 0 Å². The van der Waals surface area contributed by atoms with Crippen LogP contribution in [-0.4, -0.2) is 73.2 Å². The van der Waals surface area contributed by atoms with Crippen molar-refractivity contribution in [3.63, 3.8) is 0 Å². The van der Waals surface area contributed by atoms with E-state index in [1.807, 2.05) is 28.7 Å². The third-order valence-electron chi connectivity index (χ3n) is 6.65. The topological polar surface area (TPSA) is 57.0 Å². The van der Waals surface area contributed by atoms with Gasteiger partial charge in [0.05, 0.1) is 40.3 Å². The summed E-state index contributed by atoms with van der Waals surface area (Å²) in [6, 6.07) is 2.60. The molecule has 3 aliphatic rings. The lowest BCUT2D eigenvalue weighted by atomic mass is 10.1. The van der Waals surface area contributed by atoms with Gasteiger partial charge in [0.1, 0.15) is 0 Å². The van der Waals surface area contributed by atoms with Crippen molar-refractivity contribution in [3.05, 3.63) is 59.5 Å². The summed E-state index contributed by atoms with van der Waals surface area (Å²) in [5.74, 6) is 0.101. The van der Waals surface area contributed by atoms with Crippen molar-refractivity contribution in [1.82, 2.24) is 29.3 Å². The third-order valence-corrected chi connectivity index (χ3v) is 8.12. The zero-order valence-electron chi connectivity index (χ0n) is 19.2. The number of amides is 1. The molecule has 0 aliphatic carbocycles. The summed E-state index contributed by atoms with van der Waals surface area (Å²) in [5, 5.41) is 5.80. The summed E-state index contributed by atoms with van der Waals surface area (Å²) in [7, 11) is 0.467. The van der Waals surface area contributed by atoms with E-state index in [2.05, 4.69) is 53.8 Å². The Morgan fingerprint density at radius 2 is 2.09 bits per heavy atom. The van der Waals surface area contributed by atoms with Crippen LogP contribution in [0.4, 0.5) is 0 Å². The van der Waals surface area contributed by atoms with Crippen LogP contribution in [0.2, 0.25) is 0 Å². The second-order valence-electron chi connectivity index (χ2n) is 8.77. The van der Waals surface area contributed by atoms with Crippen LogP contribution >= 0.6 is 8.58 Å². The quantitative estimate of drug-likeness (QED) is 0.670. The van der Waals surface area contributed by atoms with E-state index in [9.17, 15) is 4.79 Å². The summed E-state index contributed by atoms with van der Waals surface area (Å²) in [6.45, 7) is 12.7. The molecule has 0 aromatic carbocycles. The monoisotopic (exact) mass is 450 g/mol. The van der Waals surface area contributed by atoms with E-state index in [-0.39, 0.29) is 11.7 Å². The van der Waals surface area contributed by atoms with Crippen molar-refractivity contribution in [2.24, 2.45) is 0 Å². The molecular formula is C24H31N6OP. The first-order valence-electron chi connectivity index (χ1n) is 11.5. The molecule has 1 fully saturated rings. The first-order chi connectivity index (χ1) is 15.5. The van der Waals surface area contributed by atoms with E-state index < -0.39 is 0 Å². The number of hydrogen-bond donors (Lipinski definition) is 0. The van der Waals surface area contributed by atoms with Crippen LogP contribution in [0.15, 0.2) is 42.4 Å². The predicted octanol–water partition coefficient (Wildman–Crippen LogP) is 3.23. The van der Waals surface area contributed by atoms with Gasteiger partial charge < -0.3 is 9.80 Å². The standard InChI is InChI=1S/C24H31N6OP/c1-5-19-21-11-20(26-30(21)13-16(3)25-19)22-12-23(31)29-15-18(7-8-24(29)32-22)28-10-9-27(6-2)17(4)14-28/h7-8,11-13,15,17,24,32H,5-6,9-10,14H2,1-4H3/t17-,24?/m1/s1. The van der Waals surface area contributed by atoms with Gasteiger partial charge in [-0.25, -0.2) is 4.52 Å². The molecule has 2 aromatic rings. The van der Waals surface area contributed by atoms with Crippen molar-refractivity contribution in [3.8, 4) is 0 Å². The molecule has 5 heterocycles. The van der Waals surface area contributed by atoms with Gasteiger partial charge in [-0.2, -0.15) is 5.10 Å². The average molecular weight is 451 g/mol. The maximum absolute atomic E-state index is 13.1. The number of aromatic nitrogens is 3. The van der Waals surface area contributed by atoms with Crippen LogP contribution < -0.4 is 0 Å². The lowest BCUT2D eigenvalue weighted by Gasteiger charge is -2.43. The van der Waals surface area contributed by atoms with Crippen LogP contribution in [0.5, 0.6) is 0 Å². The highest BCUT2D eigenvalue weighted by atomic mass is 31.1. The minimum absolute atomic E-state index is 0.0351. The molecule has 2 aromatic heterocycles. The Hall–Kier alpha value is -2.50. The zero-order chi connectivity index (χ0) is 22.4. The molecule has 1 amide bonds. The largest absolute Gasteiger partial charge is 0.368 e. The van der Waals surface area contributed by atoms with Gasteiger partial charge in [-0.05, 0) is 39.0 Å². The van der Waals surface area contributed by atoms with Gasteiger partial charge in [0.25, 0.3) is 5.91 Å². The molecule has 0 radical (unpaired) electrons. The number of piperazine rings is 1. The van der Waals surface area contributed by atoms with E-state index in [4.69, 9.17) is 5.10 Å². The van der Waals surface area contributed by atoms with Crippen LogP contribution in [0.25, 0.3) is 10.8 Å². The number of fused-ring (bicyclic) bond motifs is 2. The van der Waals surface area contributed by atoms with Gasteiger partial charge >= 0.3 is 0 Å². The molecule has 5 rings (SSSR count). The molecule has 8 heteroatoms. The first-order valence-corrected chi connectivity index (χ1v) is 12.6. The fraction of sp³-hybridized carbons (Fsp3) is 0.458. The second kappa shape index (κ2) is 8.45. The molecule has 2 unspecified atom stereocenters. The Bertz CT molecular complexity index is 1150. The fourth-order valence-electron chi connectivity index (χ4n) is 4.88. The number of allylic oxidation sites excluding steroid dienone is 1. The summed E-state index contributed by atoms with van der Waals surface area (Å²) < 4.78 is 1.91. The van der Waals surface area contributed by atoms with E-state index in [1.165, 1.54) is 0 Å². The number of likely N-dealkylation sites (N-methyl/N-ethyl adjacent to an activating group) is 1. The SMILES string of the molecule is CCc1nc(C)cn2nc(C3=CC(=O)N4C=C(N5CCN(CC)[C@H](C)C5)C=CC4P3)cc12. The second-order valence-corrected chi connectivity index (χ2v) is 10.2. The lowest BCUT2D eigenvalue weighted by Crippen LogP contribution is -2.51. The number of carbonyl (C=O) groups excluding carboxylic acids is 1. The number of carbonyl (C=O) groups is 1. The molecule has 0 spiro atoms. The highest BCUT2D eigenvalue weighted by Gasteiger charge is 2.31. The van der Waals surface area contributed by atoms with Gasteiger partial charge in [0.2, 0.25) is 0 Å². The Labute approximate surface area is 191 Å². The highest BCUT2D eigenvalue weighted by Crippen LogP contribution is 2.44. The smallest absolute Gasteiger partial charge is 0.252 e. The van der Waals surface area contributed by atoms with Gasteiger partial charge in [-0.1, -0.05) is 28.5 Å². The zero-order valence-corrected chi connectivity index (χ0v) is 20.2. The maximum atomic E-state index is 13.1.